The van der Waals surface area contributed by atoms with Crippen LogP contribution in [0.5, 0.6) is 0 Å². The topological polar surface area (TPSA) is 101 Å². The van der Waals surface area contributed by atoms with E-state index in [-0.39, 0.29) is 6.42 Å². The second kappa shape index (κ2) is 15.6. The predicted molar refractivity (Wildman–Crippen MR) is 99.0 cm³/mol. The van der Waals surface area contributed by atoms with Gasteiger partial charge in [0.1, 0.15) is 0 Å². The predicted octanol–water partition coefficient (Wildman–Crippen LogP) is 5.13. The Kier molecular flexibility index (Phi) is 15.2. The first-order valence-electron chi connectivity index (χ1n) is 9.75. The molecule has 25 heavy (non-hydrogen) atoms. The molecule has 1 atom stereocenters. The number of hydrogen-bond acceptors (Lipinski definition) is 4. The Balaban J connectivity index is 3.41. The molecule has 0 fully saturated rings. The van der Waals surface area contributed by atoms with E-state index < -0.39 is 22.5 Å². The summed E-state index contributed by atoms with van der Waals surface area (Å²) in [4.78, 5) is 10.8. The van der Waals surface area contributed by atoms with E-state index in [4.69, 9.17) is 9.66 Å². The highest BCUT2D eigenvalue weighted by Crippen LogP contribution is 2.14. The molecule has 2 N–H and O–H groups in total. The van der Waals surface area contributed by atoms with Crippen molar-refractivity contribution < 1.29 is 27.1 Å². The Labute approximate surface area is 153 Å². The first-order valence-corrected chi connectivity index (χ1v) is 11.1. The van der Waals surface area contributed by atoms with Crippen LogP contribution in [0.15, 0.2) is 0 Å². The standard InChI is InChI=1S/C18H36O6S/c1-2-3-4-5-6-7-8-9-10-11-12-13-14-15-16-17(18(19)20)24-25(21,22)23/h17H,2-16H2,1H3,(H,19,20)(H,21,22,23). The van der Waals surface area contributed by atoms with Crippen molar-refractivity contribution in [3.05, 3.63) is 0 Å². The molecule has 0 heterocycles. The molecular formula is C18H36O6S. The van der Waals surface area contributed by atoms with Crippen molar-refractivity contribution in [1.29, 1.82) is 0 Å². The summed E-state index contributed by atoms with van der Waals surface area (Å²) in [5, 5.41) is 8.84. The van der Waals surface area contributed by atoms with Crippen molar-refractivity contribution in [3.63, 3.8) is 0 Å². The SMILES string of the molecule is CCCCCCCCCCCCCCCCC(OS(=O)(=O)O)C(=O)O. The average molecular weight is 381 g/mol. The zero-order chi connectivity index (χ0) is 19.0. The molecule has 0 rings (SSSR count). The molecule has 6 nitrogen and oxygen atoms in total. The molecule has 1 unspecified atom stereocenters. The monoisotopic (exact) mass is 380 g/mol. The number of hydrogen-bond donors (Lipinski definition) is 2. The first-order chi connectivity index (χ1) is 11.9. The molecule has 0 aliphatic carbocycles. The summed E-state index contributed by atoms with van der Waals surface area (Å²) < 4.78 is 33.8. The van der Waals surface area contributed by atoms with Gasteiger partial charge in [-0.3, -0.25) is 4.55 Å². The minimum absolute atomic E-state index is 0.0904. The smallest absolute Gasteiger partial charge is 0.398 e. The van der Waals surface area contributed by atoms with Crippen LogP contribution in [0.1, 0.15) is 103 Å². The largest absolute Gasteiger partial charge is 0.479 e. The van der Waals surface area contributed by atoms with Crippen molar-refractivity contribution in [2.45, 2.75) is 109 Å². The van der Waals surface area contributed by atoms with Gasteiger partial charge in [0, 0.05) is 0 Å². The van der Waals surface area contributed by atoms with E-state index in [1.807, 2.05) is 0 Å². The summed E-state index contributed by atoms with van der Waals surface area (Å²) in [7, 11) is -4.72. The lowest BCUT2D eigenvalue weighted by Gasteiger charge is -2.10. The van der Waals surface area contributed by atoms with Crippen molar-refractivity contribution in [1.82, 2.24) is 0 Å². The highest BCUT2D eigenvalue weighted by atomic mass is 32.3. The van der Waals surface area contributed by atoms with Crippen LogP contribution in [0.25, 0.3) is 0 Å². The van der Waals surface area contributed by atoms with Crippen LogP contribution in [0.3, 0.4) is 0 Å². The Morgan fingerprint density at radius 2 is 1.16 bits per heavy atom. The number of unbranched alkanes of at least 4 members (excludes halogenated alkanes) is 13. The third-order valence-electron chi connectivity index (χ3n) is 4.33. The van der Waals surface area contributed by atoms with Gasteiger partial charge < -0.3 is 5.11 Å². The molecule has 0 aromatic rings. The number of carboxylic acid groups (broad SMARTS) is 1. The minimum atomic E-state index is -4.72. The highest BCUT2D eigenvalue weighted by Gasteiger charge is 2.23. The van der Waals surface area contributed by atoms with Crippen LogP contribution in [0, 0.1) is 0 Å². The third kappa shape index (κ3) is 17.9. The summed E-state index contributed by atoms with van der Waals surface area (Å²) in [6.45, 7) is 2.23. The Hall–Kier alpha value is -0.660. The third-order valence-corrected chi connectivity index (χ3v) is 4.81. The molecule has 0 aromatic carbocycles. The van der Waals surface area contributed by atoms with Crippen molar-refractivity contribution >= 4 is 16.4 Å². The molecule has 0 aromatic heterocycles. The van der Waals surface area contributed by atoms with Gasteiger partial charge in [-0.2, -0.15) is 8.42 Å². The fourth-order valence-corrected chi connectivity index (χ4v) is 3.36. The highest BCUT2D eigenvalue weighted by molar-refractivity contribution is 7.80. The second-order valence-corrected chi connectivity index (χ2v) is 7.78. The van der Waals surface area contributed by atoms with Gasteiger partial charge in [0.25, 0.3) is 0 Å². The van der Waals surface area contributed by atoms with Crippen molar-refractivity contribution in [2.75, 3.05) is 0 Å². The van der Waals surface area contributed by atoms with Crippen LogP contribution >= 0.6 is 0 Å². The van der Waals surface area contributed by atoms with E-state index in [0.717, 1.165) is 19.3 Å². The molecule has 0 spiro atoms. The molecule has 0 saturated carbocycles. The Morgan fingerprint density at radius 1 is 0.800 bits per heavy atom. The van der Waals surface area contributed by atoms with E-state index in [9.17, 15) is 13.2 Å². The molecule has 7 heteroatoms. The molecule has 150 valence electrons. The summed E-state index contributed by atoms with van der Waals surface area (Å²) >= 11 is 0. The molecule has 0 saturated heterocycles. The van der Waals surface area contributed by atoms with Crippen LogP contribution in [0.2, 0.25) is 0 Å². The second-order valence-electron chi connectivity index (χ2n) is 6.74. The van der Waals surface area contributed by atoms with Gasteiger partial charge in [0.15, 0.2) is 6.10 Å². The van der Waals surface area contributed by atoms with Gasteiger partial charge in [-0.15, -0.1) is 0 Å². The maximum atomic E-state index is 10.8. The fourth-order valence-electron chi connectivity index (χ4n) is 2.88. The number of carboxylic acids is 1. The zero-order valence-electron chi connectivity index (χ0n) is 15.6. The maximum absolute atomic E-state index is 10.8. The number of rotatable bonds is 18. The lowest BCUT2D eigenvalue weighted by Crippen LogP contribution is -2.26. The van der Waals surface area contributed by atoms with E-state index >= 15 is 0 Å². The number of aliphatic carboxylic acids is 1. The van der Waals surface area contributed by atoms with Gasteiger partial charge in [-0.05, 0) is 6.42 Å². The van der Waals surface area contributed by atoms with E-state index in [2.05, 4.69) is 11.1 Å². The van der Waals surface area contributed by atoms with Gasteiger partial charge in [0.05, 0.1) is 0 Å². The molecule has 0 amide bonds. The Morgan fingerprint density at radius 3 is 1.48 bits per heavy atom. The van der Waals surface area contributed by atoms with Gasteiger partial charge in [0.2, 0.25) is 0 Å². The molecular weight excluding hydrogens is 344 g/mol. The summed E-state index contributed by atoms with van der Waals surface area (Å²) in [5.74, 6) is -1.37. The molecule has 0 bridgehead atoms. The van der Waals surface area contributed by atoms with Crippen LogP contribution in [-0.2, 0) is 19.4 Å². The molecule has 0 radical (unpaired) electrons. The lowest BCUT2D eigenvalue weighted by atomic mass is 10.0. The van der Waals surface area contributed by atoms with E-state index in [1.54, 1.807) is 0 Å². The van der Waals surface area contributed by atoms with Crippen LogP contribution in [0.4, 0.5) is 0 Å². The summed E-state index contributed by atoms with van der Waals surface area (Å²) in [6.07, 6.45) is 15.3. The van der Waals surface area contributed by atoms with Crippen molar-refractivity contribution in [3.8, 4) is 0 Å². The van der Waals surface area contributed by atoms with Gasteiger partial charge >= 0.3 is 16.4 Å². The minimum Gasteiger partial charge on any atom is -0.479 e. The van der Waals surface area contributed by atoms with E-state index in [0.29, 0.717) is 6.42 Å². The fraction of sp³-hybridized carbons (Fsp3) is 0.944. The Bertz CT molecular complexity index is 421. The van der Waals surface area contributed by atoms with Gasteiger partial charge in [-0.1, -0.05) is 96.8 Å². The quantitative estimate of drug-likeness (QED) is 0.252. The molecule has 0 aliphatic heterocycles. The van der Waals surface area contributed by atoms with Gasteiger partial charge in [-0.25, -0.2) is 8.98 Å². The summed E-state index contributed by atoms with van der Waals surface area (Å²) in [5.41, 5.74) is 0. The number of carbonyl (C=O) groups is 1. The van der Waals surface area contributed by atoms with Crippen LogP contribution < -0.4 is 0 Å². The average Bonchev–Trinajstić information content (AvgIpc) is 2.52. The van der Waals surface area contributed by atoms with E-state index in [1.165, 1.54) is 64.2 Å². The summed E-state index contributed by atoms with van der Waals surface area (Å²) in [6, 6.07) is 0. The van der Waals surface area contributed by atoms with Crippen LogP contribution in [-0.4, -0.2) is 30.2 Å². The van der Waals surface area contributed by atoms with Crippen molar-refractivity contribution in [2.24, 2.45) is 0 Å². The first kappa shape index (κ1) is 24.3. The molecule has 0 aliphatic rings. The normalized spacial score (nSPS) is 13.0. The lowest BCUT2D eigenvalue weighted by molar-refractivity contribution is -0.145. The maximum Gasteiger partial charge on any atom is 0.398 e. The zero-order valence-corrected chi connectivity index (χ0v) is 16.4.